The SMILES string of the molecule is COc1ccc(NC(N)=O)c(Cl)c1Cl. The number of benzene rings is 1. The number of primary amides is 1. The Balaban J connectivity index is 3.10. The van der Waals surface area contributed by atoms with Gasteiger partial charge in [-0.3, -0.25) is 0 Å². The van der Waals surface area contributed by atoms with Crippen LogP contribution in [0.4, 0.5) is 10.5 Å². The molecule has 0 aromatic heterocycles. The molecule has 1 rings (SSSR count). The summed E-state index contributed by atoms with van der Waals surface area (Å²) in [5, 5.41) is 2.77. The van der Waals surface area contributed by atoms with Gasteiger partial charge in [0.1, 0.15) is 10.8 Å². The van der Waals surface area contributed by atoms with E-state index in [1.807, 2.05) is 0 Å². The second kappa shape index (κ2) is 4.39. The maximum atomic E-state index is 10.6. The van der Waals surface area contributed by atoms with Crippen LogP contribution in [0.25, 0.3) is 0 Å². The summed E-state index contributed by atoms with van der Waals surface area (Å²) in [6, 6.07) is 2.44. The predicted molar refractivity (Wildman–Crippen MR) is 56.2 cm³/mol. The summed E-state index contributed by atoms with van der Waals surface area (Å²) in [6.07, 6.45) is 0. The van der Waals surface area contributed by atoms with E-state index in [9.17, 15) is 4.79 Å². The van der Waals surface area contributed by atoms with Crippen molar-refractivity contribution in [1.82, 2.24) is 0 Å². The first-order valence-electron chi connectivity index (χ1n) is 3.64. The molecule has 14 heavy (non-hydrogen) atoms. The van der Waals surface area contributed by atoms with Crippen molar-refractivity contribution in [2.75, 3.05) is 12.4 Å². The molecule has 3 N–H and O–H groups in total. The first kappa shape index (κ1) is 10.9. The van der Waals surface area contributed by atoms with Crippen LogP contribution in [0, 0.1) is 0 Å². The molecule has 1 aromatic carbocycles. The smallest absolute Gasteiger partial charge is 0.316 e. The Morgan fingerprint density at radius 1 is 1.43 bits per heavy atom. The fourth-order valence-corrected chi connectivity index (χ4v) is 1.36. The minimum Gasteiger partial charge on any atom is -0.495 e. The van der Waals surface area contributed by atoms with Gasteiger partial charge in [-0.15, -0.1) is 0 Å². The van der Waals surface area contributed by atoms with Crippen LogP contribution in [0.1, 0.15) is 0 Å². The maximum Gasteiger partial charge on any atom is 0.316 e. The van der Waals surface area contributed by atoms with Crippen LogP contribution in [0.3, 0.4) is 0 Å². The van der Waals surface area contributed by atoms with Crippen LogP contribution < -0.4 is 15.8 Å². The Bertz CT molecular complexity index is 369. The van der Waals surface area contributed by atoms with E-state index in [4.69, 9.17) is 33.7 Å². The second-order valence-electron chi connectivity index (χ2n) is 2.43. The normalized spacial score (nSPS) is 9.64. The molecule has 0 aliphatic heterocycles. The fourth-order valence-electron chi connectivity index (χ4n) is 0.919. The summed E-state index contributed by atoms with van der Waals surface area (Å²) < 4.78 is 4.93. The number of ether oxygens (including phenoxy) is 1. The van der Waals surface area contributed by atoms with Gasteiger partial charge < -0.3 is 15.8 Å². The van der Waals surface area contributed by atoms with E-state index in [0.29, 0.717) is 11.4 Å². The molecule has 0 aliphatic rings. The monoisotopic (exact) mass is 234 g/mol. The molecule has 0 saturated carbocycles. The molecule has 0 atom stereocenters. The van der Waals surface area contributed by atoms with Gasteiger partial charge in [0.2, 0.25) is 0 Å². The number of nitrogens with two attached hydrogens (primary N) is 1. The van der Waals surface area contributed by atoms with Crippen LogP contribution in [-0.4, -0.2) is 13.1 Å². The molecule has 0 unspecified atom stereocenters. The van der Waals surface area contributed by atoms with Crippen molar-refractivity contribution in [1.29, 1.82) is 0 Å². The molecule has 0 bridgehead atoms. The van der Waals surface area contributed by atoms with Gasteiger partial charge in [-0.1, -0.05) is 23.2 Å². The summed E-state index contributed by atoms with van der Waals surface area (Å²) in [5.41, 5.74) is 5.28. The number of methoxy groups -OCH3 is 1. The molecule has 0 heterocycles. The van der Waals surface area contributed by atoms with Crippen LogP contribution in [0.2, 0.25) is 10.0 Å². The van der Waals surface area contributed by atoms with Crippen molar-refractivity contribution < 1.29 is 9.53 Å². The summed E-state index contributed by atoms with van der Waals surface area (Å²) in [5.74, 6) is 0.437. The number of carbonyl (C=O) groups excluding carboxylic acids is 1. The predicted octanol–water partition coefficient (Wildman–Crippen LogP) is 2.49. The lowest BCUT2D eigenvalue weighted by Crippen LogP contribution is -2.19. The molecule has 6 heteroatoms. The van der Waals surface area contributed by atoms with Crippen LogP contribution in [0.5, 0.6) is 5.75 Å². The van der Waals surface area contributed by atoms with Crippen LogP contribution in [-0.2, 0) is 0 Å². The van der Waals surface area contributed by atoms with Crippen molar-refractivity contribution in [2.45, 2.75) is 0 Å². The number of halogens is 2. The van der Waals surface area contributed by atoms with E-state index in [1.165, 1.54) is 7.11 Å². The van der Waals surface area contributed by atoms with Gasteiger partial charge in [-0.2, -0.15) is 0 Å². The Hall–Kier alpha value is -1.13. The molecule has 2 amide bonds. The van der Waals surface area contributed by atoms with Crippen molar-refractivity contribution >= 4 is 34.9 Å². The zero-order valence-corrected chi connectivity index (χ0v) is 8.82. The second-order valence-corrected chi connectivity index (χ2v) is 3.19. The average molecular weight is 235 g/mol. The van der Waals surface area contributed by atoms with Crippen molar-refractivity contribution in [3.63, 3.8) is 0 Å². The molecule has 0 aliphatic carbocycles. The largest absolute Gasteiger partial charge is 0.495 e. The third kappa shape index (κ3) is 2.21. The van der Waals surface area contributed by atoms with Gasteiger partial charge in [0, 0.05) is 0 Å². The molecule has 0 fully saturated rings. The standard InChI is InChI=1S/C8H8Cl2N2O2/c1-14-5-3-2-4(12-8(11)13)6(9)7(5)10/h2-3H,1H3,(H3,11,12,13). The molecular weight excluding hydrogens is 227 g/mol. The van der Waals surface area contributed by atoms with E-state index < -0.39 is 6.03 Å². The third-order valence-electron chi connectivity index (χ3n) is 1.52. The highest BCUT2D eigenvalue weighted by Crippen LogP contribution is 2.37. The topological polar surface area (TPSA) is 64.3 Å². The lowest BCUT2D eigenvalue weighted by molar-refractivity contribution is 0.259. The number of urea groups is 1. The lowest BCUT2D eigenvalue weighted by Gasteiger charge is -2.09. The molecular formula is C8H8Cl2N2O2. The van der Waals surface area contributed by atoms with Gasteiger partial charge >= 0.3 is 6.03 Å². The number of hydrogen-bond acceptors (Lipinski definition) is 2. The van der Waals surface area contributed by atoms with E-state index in [1.54, 1.807) is 12.1 Å². The zero-order valence-electron chi connectivity index (χ0n) is 7.30. The number of nitrogens with one attached hydrogen (secondary N) is 1. The quantitative estimate of drug-likeness (QED) is 0.826. The van der Waals surface area contributed by atoms with Crippen molar-refractivity contribution in [3.8, 4) is 5.75 Å². The summed E-state index contributed by atoms with van der Waals surface area (Å²) in [6.45, 7) is 0. The summed E-state index contributed by atoms with van der Waals surface area (Å²) in [7, 11) is 1.47. The first-order valence-corrected chi connectivity index (χ1v) is 4.40. The average Bonchev–Trinajstić information content (AvgIpc) is 2.13. The number of amides is 2. The Morgan fingerprint density at radius 2 is 2.07 bits per heavy atom. The van der Waals surface area contributed by atoms with Crippen molar-refractivity contribution in [2.24, 2.45) is 5.73 Å². The summed E-state index contributed by atoms with van der Waals surface area (Å²) >= 11 is 11.7. The summed E-state index contributed by atoms with van der Waals surface area (Å²) in [4.78, 5) is 10.6. The van der Waals surface area contributed by atoms with Crippen molar-refractivity contribution in [3.05, 3.63) is 22.2 Å². The van der Waals surface area contributed by atoms with E-state index in [0.717, 1.165) is 0 Å². The maximum absolute atomic E-state index is 10.6. The molecule has 0 radical (unpaired) electrons. The van der Waals surface area contributed by atoms with Gasteiger partial charge in [0.25, 0.3) is 0 Å². The highest BCUT2D eigenvalue weighted by molar-refractivity contribution is 6.44. The number of anilines is 1. The molecule has 0 spiro atoms. The zero-order chi connectivity index (χ0) is 10.7. The minimum atomic E-state index is -0.701. The van der Waals surface area contributed by atoms with Gasteiger partial charge in [-0.25, -0.2) is 4.79 Å². The van der Waals surface area contributed by atoms with Crippen LogP contribution in [0.15, 0.2) is 12.1 Å². The fraction of sp³-hybridized carbons (Fsp3) is 0.125. The third-order valence-corrected chi connectivity index (χ3v) is 2.39. The van der Waals surface area contributed by atoms with E-state index in [-0.39, 0.29) is 10.0 Å². The van der Waals surface area contributed by atoms with Crippen LogP contribution >= 0.6 is 23.2 Å². The number of carbonyl (C=O) groups is 1. The van der Waals surface area contributed by atoms with Gasteiger partial charge in [0.05, 0.1) is 17.8 Å². The highest BCUT2D eigenvalue weighted by atomic mass is 35.5. The van der Waals surface area contributed by atoms with E-state index in [2.05, 4.69) is 5.32 Å². The van der Waals surface area contributed by atoms with Gasteiger partial charge in [0.15, 0.2) is 0 Å². The highest BCUT2D eigenvalue weighted by Gasteiger charge is 2.10. The Labute approximate surface area is 90.9 Å². The molecule has 0 saturated heterocycles. The number of rotatable bonds is 2. The molecule has 76 valence electrons. The van der Waals surface area contributed by atoms with E-state index >= 15 is 0 Å². The first-order chi connectivity index (χ1) is 6.56. The Morgan fingerprint density at radius 3 is 2.57 bits per heavy atom. The molecule has 1 aromatic rings. The van der Waals surface area contributed by atoms with Gasteiger partial charge in [-0.05, 0) is 12.1 Å². The minimum absolute atomic E-state index is 0.199. The Kier molecular flexibility index (Phi) is 3.43. The molecule has 4 nitrogen and oxygen atoms in total. The number of hydrogen-bond donors (Lipinski definition) is 2. The lowest BCUT2D eigenvalue weighted by atomic mass is 10.3.